The van der Waals surface area contributed by atoms with Crippen molar-refractivity contribution in [1.82, 2.24) is 15.1 Å². The Morgan fingerprint density at radius 2 is 1.85 bits per heavy atom. The topological polar surface area (TPSA) is 35.6 Å². The zero-order chi connectivity index (χ0) is 18.9. The van der Waals surface area contributed by atoms with Gasteiger partial charge in [-0.1, -0.05) is 43.7 Å². The Balaban J connectivity index is 1.56. The van der Waals surface area contributed by atoms with E-state index in [0.29, 0.717) is 0 Å². The fourth-order valence-electron chi connectivity index (χ4n) is 5.62. The van der Waals surface area contributed by atoms with Crippen LogP contribution in [0.5, 0.6) is 0 Å². The predicted molar refractivity (Wildman–Crippen MR) is 110 cm³/mol. The average molecular weight is 370 g/mol. The lowest BCUT2D eigenvalue weighted by Crippen LogP contribution is -2.57. The first kappa shape index (κ1) is 18.8. The van der Waals surface area contributed by atoms with Gasteiger partial charge >= 0.3 is 6.03 Å². The highest BCUT2D eigenvalue weighted by atomic mass is 16.2. The molecule has 2 aliphatic carbocycles. The zero-order valence-corrected chi connectivity index (χ0v) is 17.0. The van der Waals surface area contributed by atoms with E-state index in [9.17, 15) is 4.79 Å². The van der Waals surface area contributed by atoms with Gasteiger partial charge in [0, 0.05) is 18.6 Å². The Kier molecular flexibility index (Phi) is 5.19. The smallest absolute Gasteiger partial charge is 0.318 e. The lowest BCUT2D eigenvalue weighted by molar-refractivity contribution is 0.00590. The van der Waals surface area contributed by atoms with E-state index in [4.69, 9.17) is 0 Å². The van der Waals surface area contributed by atoms with E-state index in [1.807, 2.05) is 0 Å². The van der Waals surface area contributed by atoms with Crippen molar-refractivity contribution in [3.05, 3.63) is 35.9 Å². The molecule has 0 radical (unpaired) electrons. The van der Waals surface area contributed by atoms with Crippen LogP contribution in [-0.2, 0) is 5.54 Å². The monoisotopic (exact) mass is 369 g/mol. The van der Waals surface area contributed by atoms with Crippen molar-refractivity contribution in [2.24, 2.45) is 5.92 Å². The minimum Gasteiger partial charge on any atom is -0.336 e. The molecule has 148 valence electrons. The zero-order valence-electron chi connectivity index (χ0n) is 17.0. The highest BCUT2D eigenvalue weighted by Gasteiger charge is 2.52. The molecule has 3 fully saturated rings. The van der Waals surface area contributed by atoms with Crippen LogP contribution in [0.2, 0.25) is 0 Å². The van der Waals surface area contributed by atoms with E-state index in [0.717, 1.165) is 51.2 Å². The first-order valence-electron chi connectivity index (χ1n) is 10.9. The number of hydrogen-bond donors (Lipinski definition) is 1. The summed E-state index contributed by atoms with van der Waals surface area (Å²) in [6.45, 7) is 5.18. The molecule has 1 saturated heterocycles. The first-order valence-corrected chi connectivity index (χ1v) is 10.9. The quantitative estimate of drug-likeness (QED) is 0.808. The van der Waals surface area contributed by atoms with Gasteiger partial charge in [-0.05, 0) is 70.0 Å². The number of amides is 2. The van der Waals surface area contributed by atoms with Crippen LogP contribution in [-0.4, -0.2) is 48.1 Å². The number of nitrogens with one attached hydrogen (secondary N) is 1. The minimum atomic E-state index is 0.0397. The normalized spacial score (nSPS) is 31.4. The molecule has 1 heterocycles. The van der Waals surface area contributed by atoms with E-state index in [1.54, 1.807) is 0 Å². The van der Waals surface area contributed by atoms with E-state index < -0.39 is 0 Å². The summed E-state index contributed by atoms with van der Waals surface area (Å²) in [6, 6.07) is 11.2. The summed E-state index contributed by atoms with van der Waals surface area (Å²) in [6.07, 6.45) is 9.56. The predicted octanol–water partition coefficient (Wildman–Crippen LogP) is 4.36. The largest absolute Gasteiger partial charge is 0.336 e. The molecule has 3 aliphatic rings. The van der Waals surface area contributed by atoms with Crippen LogP contribution in [0.1, 0.15) is 63.9 Å². The summed E-state index contributed by atoms with van der Waals surface area (Å²) in [5.74, 6) is 0.731. The van der Waals surface area contributed by atoms with Gasteiger partial charge in [-0.25, -0.2) is 4.79 Å². The second-order valence-corrected chi connectivity index (χ2v) is 9.11. The number of nitrogens with zero attached hydrogens (tertiary/aromatic N) is 2. The number of hydrogen-bond acceptors (Lipinski definition) is 2. The fourth-order valence-corrected chi connectivity index (χ4v) is 5.62. The Bertz CT molecular complexity index is 647. The molecule has 2 saturated carbocycles. The molecule has 2 amide bonds. The molecule has 4 nitrogen and oxygen atoms in total. The molecule has 1 aromatic rings. The van der Waals surface area contributed by atoms with Gasteiger partial charge in [-0.15, -0.1) is 0 Å². The number of benzene rings is 1. The molecule has 1 spiro atoms. The molecule has 4 heteroatoms. The summed E-state index contributed by atoms with van der Waals surface area (Å²) >= 11 is 0. The van der Waals surface area contributed by atoms with E-state index >= 15 is 0 Å². The van der Waals surface area contributed by atoms with E-state index in [2.05, 4.69) is 59.4 Å². The third kappa shape index (κ3) is 3.26. The summed E-state index contributed by atoms with van der Waals surface area (Å²) < 4.78 is 0. The summed E-state index contributed by atoms with van der Waals surface area (Å²) in [5, 5.41) is 3.18. The van der Waals surface area contributed by atoms with Gasteiger partial charge in [0.25, 0.3) is 0 Å². The van der Waals surface area contributed by atoms with Crippen LogP contribution >= 0.6 is 0 Å². The Labute approximate surface area is 164 Å². The summed E-state index contributed by atoms with van der Waals surface area (Å²) in [7, 11) is 2.29. The third-order valence-corrected chi connectivity index (χ3v) is 7.66. The minimum absolute atomic E-state index is 0.0397. The maximum Gasteiger partial charge on any atom is 0.318 e. The van der Waals surface area contributed by atoms with Gasteiger partial charge in [0.2, 0.25) is 0 Å². The van der Waals surface area contributed by atoms with Crippen molar-refractivity contribution in [1.29, 1.82) is 0 Å². The number of carbonyl (C=O) groups is 1. The van der Waals surface area contributed by atoms with Gasteiger partial charge in [-0.2, -0.15) is 0 Å². The maximum absolute atomic E-state index is 12.6. The number of carbonyl (C=O) groups excluding carboxylic acids is 1. The van der Waals surface area contributed by atoms with Gasteiger partial charge in [0.05, 0.1) is 5.54 Å². The second kappa shape index (κ2) is 7.46. The molecule has 1 aromatic carbocycles. The molecule has 0 atom stereocenters. The molecule has 4 rings (SSSR count). The summed E-state index contributed by atoms with van der Waals surface area (Å²) in [4.78, 5) is 17.4. The highest BCUT2D eigenvalue weighted by molar-refractivity contribution is 5.78. The van der Waals surface area contributed by atoms with Gasteiger partial charge in [0.1, 0.15) is 0 Å². The lowest BCUT2D eigenvalue weighted by Gasteiger charge is -2.52. The molecule has 0 bridgehead atoms. The van der Waals surface area contributed by atoms with Gasteiger partial charge in [0.15, 0.2) is 0 Å². The van der Waals surface area contributed by atoms with Crippen LogP contribution in [0.4, 0.5) is 4.79 Å². The van der Waals surface area contributed by atoms with Crippen molar-refractivity contribution in [3.63, 3.8) is 0 Å². The second-order valence-electron chi connectivity index (χ2n) is 9.11. The van der Waals surface area contributed by atoms with Crippen molar-refractivity contribution in [2.75, 3.05) is 26.7 Å². The number of urea groups is 1. The Morgan fingerprint density at radius 3 is 2.44 bits per heavy atom. The Morgan fingerprint density at radius 1 is 1.15 bits per heavy atom. The van der Waals surface area contributed by atoms with Gasteiger partial charge < -0.3 is 10.2 Å². The highest BCUT2D eigenvalue weighted by Crippen LogP contribution is 2.48. The van der Waals surface area contributed by atoms with Crippen molar-refractivity contribution in [3.8, 4) is 0 Å². The first-order chi connectivity index (χ1) is 13.1. The molecule has 0 aromatic heterocycles. The van der Waals surface area contributed by atoms with Crippen molar-refractivity contribution in [2.45, 2.75) is 69.4 Å². The Hall–Kier alpha value is -1.55. The van der Waals surface area contributed by atoms with Crippen molar-refractivity contribution >= 4 is 6.03 Å². The molecule has 1 N–H and O–H groups in total. The molecular formula is C23H35N3O. The summed E-state index contributed by atoms with van der Waals surface area (Å²) in [5.41, 5.74) is 1.59. The molecule has 1 aliphatic heterocycles. The van der Waals surface area contributed by atoms with Crippen LogP contribution in [0, 0.1) is 5.92 Å². The maximum atomic E-state index is 12.6. The van der Waals surface area contributed by atoms with Crippen molar-refractivity contribution < 1.29 is 4.79 Å². The fraction of sp³-hybridized carbons (Fsp3) is 0.696. The molecule has 27 heavy (non-hydrogen) atoms. The van der Waals surface area contributed by atoms with Crippen LogP contribution in [0.3, 0.4) is 0 Å². The van der Waals surface area contributed by atoms with E-state index in [1.165, 1.54) is 31.2 Å². The third-order valence-electron chi connectivity index (χ3n) is 7.66. The van der Waals surface area contributed by atoms with E-state index in [-0.39, 0.29) is 17.1 Å². The standard InChI is InChI=1S/C23H35N3O/c1-3-16-25(2)23(20-10-5-4-6-11-20)14-12-22(13-15-23)18-24-21(27)26(22)17-19-8-7-9-19/h4-6,10-11,19H,3,7-9,12-18H2,1-2H3,(H,24,27)/t22-,23+. The molecule has 0 unspecified atom stereocenters. The van der Waals surface area contributed by atoms with Crippen LogP contribution in [0.15, 0.2) is 30.3 Å². The molecular weight excluding hydrogens is 334 g/mol. The average Bonchev–Trinajstić information content (AvgIpc) is 2.96. The number of rotatable bonds is 6. The van der Waals surface area contributed by atoms with Crippen LogP contribution < -0.4 is 5.32 Å². The van der Waals surface area contributed by atoms with Crippen LogP contribution in [0.25, 0.3) is 0 Å². The van der Waals surface area contributed by atoms with Gasteiger partial charge in [-0.3, -0.25) is 4.90 Å². The SMILES string of the molecule is CCCN(C)[C@]1(c2ccccc2)CC[C@]2(CC1)CNC(=O)N2CC1CCC1. The lowest BCUT2D eigenvalue weighted by atomic mass is 9.68.